The SMILES string of the molecule is CCN(CCC(C)C)c1cccc(C)c1. The third-order valence-electron chi connectivity index (χ3n) is 2.72. The molecule has 1 nitrogen and oxygen atoms in total. The number of nitrogens with zero attached hydrogens (tertiary/aromatic N) is 1. The molecule has 0 aliphatic carbocycles. The largest absolute Gasteiger partial charge is 0.372 e. The van der Waals surface area contributed by atoms with E-state index in [0.29, 0.717) is 0 Å². The normalized spacial score (nSPS) is 10.7. The second-order valence-corrected chi connectivity index (χ2v) is 4.60. The molecule has 0 aliphatic rings. The van der Waals surface area contributed by atoms with Crippen molar-refractivity contribution in [1.29, 1.82) is 0 Å². The molecule has 0 bridgehead atoms. The lowest BCUT2D eigenvalue weighted by Gasteiger charge is -2.24. The second kappa shape index (κ2) is 5.79. The fraction of sp³-hybridized carbons (Fsp3) is 0.571. The number of rotatable bonds is 5. The minimum absolute atomic E-state index is 0.781. The van der Waals surface area contributed by atoms with Crippen LogP contribution in [-0.2, 0) is 0 Å². The van der Waals surface area contributed by atoms with E-state index in [-0.39, 0.29) is 0 Å². The van der Waals surface area contributed by atoms with E-state index in [9.17, 15) is 0 Å². The van der Waals surface area contributed by atoms with Crippen LogP contribution in [0.5, 0.6) is 0 Å². The molecule has 0 heterocycles. The van der Waals surface area contributed by atoms with E-state index in [2.05, 4.69) is 56.9 Å². The van der Waals surface area contributed by atoms with Gasteiger partial charge in [0.05, 0.1) is 0 Å². The van der Waals surface area contributed by atoms with Crippen molar-refractivity contribution in [3.8, 4) is 0 Å². The zero-order valence-electron chi connectivity index (χ0n) is 10.5. The summed E-state index contributed by atoms with van der Waals surface area (Å²) in [7, 11) is 0. The summed E-state index contributed by atoms with van der Waals surface area (Å²) in [5.74, 6) is 0.781. The predicted octanol–water partition coefficient (Wildman–Crippen LogP) is 3.87. The van der Waals surface area contributed by atoms with E-state index in [1.54, 1.807) is 0 Å². The van der Waals surface area contributed by atoms with Crippen molar-refractivity contribution in [1.82, 2.24) is 0 Å². The van der Waals surface area contributed by atoms with E-state index in [0.717, 1.165) is 19.0 Å². The molecule has 1 rings (SSSR count). The monoisotopic (exact) mass is 205 g/mol. The Morgan fingerprint density at radius 3 is 2.53 bits per heavy atom. The molecule has 0 radical (unpaired) electrons. The minimum atomic E-state index is 0.781. The lowest BCUT2D eigenvalue weighted by molar-refractivity contribution is 0.576. The summed E-state index contributed by atoms with van der Waals surface area (Å²) in [6.07, 6.45) is 1.27. The van der Waals surface area contributed by atoms with Crippen molar-refractivity contribution in [3.63, 3.8) is 0 Å². The zero-order valence-corrected chi connectivity index (χ0v) is 10.5. The van der Waals surface area contributed by atoms with Gasteiger partial charge in [-0.2, -0.15) is 0 Å². The van der Waals surface area contributed by atoms with Crippen LogP contribution < -0.4 is 4.90 Å². The fourth-order valence-corrected chi connectivity index (χ4v) is 1.71. The fourth-order valence-electron chi connectivity index (χ4n) is 1.71. The maximum Gasteiger partial charge on any atom is 0.0368 e. The molecule has 0 spiro atoms. The number of anilines is 1. The van der Waals surface area contributed by atoms with Gasteiger partial charge in [0.2, 0.25) is 0 Å². The van der Waals surface area contributed by atoms with Gasteiger partial charge in [0.15, 0.2) is 0 Å². The van der Waals surface area contributed by atoms with Gasteiger partial charge >= 0.3 is 0 Å². The Kier molecular flexibility index (Phi) is 4.67. The van der Waals surface area contributed by atoms with Gasteiger partial charge in [-0.25, -0.2) is 0 Å². The highest BCUT2D eigenvalue weighted by Crippen LogP contribution is 2.16. The highest BCUT2D eigenvalue weighted by Gasteiger charge is 2.04. The van der Waals surface area contributed by atoms with Crippen LogP contribution >= 0.6 is 0 Å². The van der Waals surface area contributed by atoms with Gasteiger partial charge in [0, 0.05) is 18.8 Å². The van der Waals surface area contributed by atoms with Crippen LogP contribution in [0.4, 0.5) is 5.69 Å². The van der Waals surface area contributed by atoms with Gasteiger partial charge in [-0.05, 0) is 43.9 Å². The first kappa shape index (κ1) is 12.1. The quantitative estimate of drug-likeness (QED) is 0.705. The molecule has 0 atom stereocenters. The highest BCUT2D eigenvalue weighted by atomic mass is 15.1. The van der Waals surface area contributed by atoms with Crippen LogP contribution in [-0.4, -0.2) is 13.1 Å². The van der Waals surface area contributed by atoms with Gasteiger partial charge < -0.3 is 4.90 Å². The molecule has 0 saturated carbocycles. The average Bonchev–Trinajstić information content (AvgIpc) is 2.18. The van der Waals surface area contributed by atoms with E-state index in [1.807, 2.05) is 0 Å². The Balaban J connectivity index is 2.65. The zero-order chi connectivity index (χ0) is 11.3. The Hall–Kier alpha value is -0.980. The molecule has 0 aliphatic heterocycles. The van der Waals surface area contributed by atoms with Crippen LogP contribution in [0.1, 0.15) is 32.8 Å². The molecule has 15 heavy (non-hydrogen) atoms. The lowest BCUT2D eigenvalue weighted by atomic mass is 10.1. The molecule has 1 aromatic rings. The van der Waals surface area contributed by atoms with Crippen LogP contribution in [0, 0.1) is 12.8 Å². The molecule has 0 aromatic heterocycles. The standard InChI is InChI=1S/C14H23N/c1-5-15(10-9-12(2)3)14-8-6-7-13(4)11-14/h6-8,11-12H,5,9-10H2,1-4H3. The number of hydrogen-bond acceptors (Lipinski definition) is 1. The van der Waals surface area contributed by atoms with Crippen LogP contribution in [0.3, 0.4) is 0 Å². The minimum Gasteiger partial charge on any atom is -0.372 e. The lowest BCUT2D eigenvalue weighted by Crippen LogP contribution is -2.24. The van der Waals surface area contributed by atoms with E-state index in [4.69, 9.17) is 0 Å². The number of hydrogen-bond donors (Lipinski definition) is 0. The summed E-state index contributed by atoms with van der Waals surface area (Å²) >= 11 is 0. The molecule has 0 fully saturated rings. The van der Waals surface area contributed by atoms with Gasteiger partial charge in [-0.1, -0.05) is 26.0 Å². The first-order valence-electron chi connectivity index (χ1n) is 5.95. The van der Waals surface area contributed by atoms with Crippen molar-refractivity contribution in [2.24, 2.45) is 5.92 Å². The third-order valence-corrected chi connectivity index (χ3v) is 2.72. The summed E-state index contributed by atoms with van der Waals surface area (Å²) in [6, 6.07) is 8.77. The Bertz CT molecular complexity index is 291. The van der Waals surface area contributed by atoms with E-state index >= 15 is 0 Å². The molecule has 1 heteroatoms. The summed E-state index contributed by atoms with van der Waals surface area (Å²) in [5.41, 5.74) is 2.70. The van der Waals surface area contributed by atoms with Crippen molar-refractivity contribution in [2.75, 3.05) is 18.0 Å². The number of benzene rings is 1. The topological polar surface area (TPSA) is 3.24 Å². The van der Waals surface area contributed by atoms with Crippen molar-refractivity contribution >= 4 is 5.69 Å². The molecular weight excluding hydrogens is 182 g/mol. The highest BCUT2D eigenvalue weighted by molar-refractivity contribution is 5.48. The Morgan fingerprint density at radius 1 is 1.27 bits per heavy atom. The summed E-state index contributed by atoms with van der Waals surface area (Å²) in [6.45, 7) is 11.2. The molecule has 1 aromatic carbocycles. The molecule has 84 valence electrons. The second-order valence-electron chi connectivity index (χ2n) is 4.60. The van der Waals surface area contributed by atoms with E-state index < -0.39 is 0 Å². The van der Waals surface area contributed by atoms with E-state index in [1.165, 1.54) is 17.7 Å². The molecule has 0 N–H and O–H groups in total. The van der Waals surface area contributed by atoms with Gasteiger partial charge in [0.25, 0.3) is 0 Å². The molecule has 0 amide bonds. The van der Waals surface area contributed by atoms with Crippen LogP contribution in [0.15, 0.2) is 24.3 Å². The molecule has 0 unspecified atom stereocenters. The third kappa shape index (κ3) is 3.94. The number of aryl methyl sites for hydroxylation is 1. The van der Waals surface area contributed by atoms with Crippen molar-refractivity contribution in [2.45, 2.75) is 34.1 Å². The maximum absolute atomic E-state index is 2.45. The summed E-state index contributed by atoms with van der Waals surface area (Å²) in [5, 5.41) is 0. The summed E-state index contributed by atoms with van der Waals surface area (Å²) in [4.78, 5) is 2.45. The predicted molar refractivity (Wildman–Crippen MR) is 68.5 cm³/mol. The maximum atomic E-state index is 2.45. The van der Waals surface area contributed by atoms with Gasteiger partial charge in [0.1, 0.15) is 0 Å². The first-order valence-corrected chi connectivity index (χ1v) is 5.95. The smallest absolute Gasteiger partial charge is 0.0368 e. The average molecular weight is 205 g/mol. The van der Waals surface area contributed by atoms with Crippen LogP contribution in [0.2, 0.25) is 0 Å². The summed E-state index contributed by atoms with van der Waals surface area (Å²) < 4.78 is 0. The van der Waals surface area contributed by atoms with Crippen molar-refractivity contribution in [3.05, 3.63) is 29.8 Å². The molecule has 0 saturated heterocycles. The van der Waals surface area contributed by atoms with Gasteiger partial charge in [-0.3, -0.25) is 0 Å². The Morgan fingerprint density at radius 2 is 2.00 bits per heavy atom. The van der Waals surface area contributed by atoms with Crippen LogP contribution in [0.25, 0.3) is 0 Å². The first-order chi connectivity index (χ1) is 7.13. The molecular formula is C14H23N. The van der Waals surface area contributed by atoms with Gasteiger partial charge in [-0.15, -0.1) is 0 Å². The Labute approximate surface area is 94.1 Å². The van der Waals surface area contributed by atoms with Crippen molar-refractivity contribution < 1.29 is 0 Å².